The van der Waals surface area contributed by atoms with Crippen LogP contribution in [0.15, 0.2) is 80.8 Å². The lowest BCUT2D eigenvalue weighted by molar-refractivity contribution is 0.102. The first-order chi connectivity index (χ1) is 21.5. The van der Waals surface area contributed by atoms with E-state index in [-0.39, 0.29) is 39.6 Å². The largest absolute Gasteiger partial charge is 0.398 e. The van der Waals surface area contributed by atoms with Crippen molar-refractivity contribution < 1.29 is 35.5 Å². The number of Topliss-reactive ketones (excluding diaryl/α,β-unsaturated/α-hetero) is 1. The zero-order chi connectivity index (χ0) is 33.5. The number of pyridine rings is 1. The molecule has 6 rings (SSSR count). The third kappa shape index (κ3) is 4.95. The third-order valence-electron chi connectivity index (χ3n) is 8.30. The lowest BCUT2D eigenvalue weighted by Gasteiger charge is -2.29. The van der Waals surface area contributed by atoms with Crippen LogP contribution in [-0.2, 0) is 27.3 Å². The number of nitrogens with zero attached hydrogens (tertiary/aromatic N) is 1. The second-order valence-corrected chi connectivity index (χ2v) is 14.2. The Morgan fingerprint density at radius 3 is 2.37 bits per heavy atom. The predicted molar refractivity (Wildman–Crippen MR) is 172 cm³/mol. The van der Waals surface area contributed by atoms with Crippen molar-refractivity contribution in [1.29, 1.82) is 0 Å². The van der Waals surface area contributed by atoms with Gasteiger partial charge in [0.2, 0.25) is 0 Å². The number of anilines is 3. The van der Waals surface area contributed by atoms with Crippen molar-refractivity contribution in [2.75, 3.05) is 11.1 Å². The molecule has 0 saturated carbocycles. The maximum absolute atomic E-state index is 14.3. The molecule has 3 aromatic carbocycles. The van der Waals surface area contributed by atoms with E-state index in [0.717, 1.165) is 12.1 Å². The number of aryl methyl sites for hydroxylation is 2. The van der Waals surface area contributed by atoms with Gasteiger partial charge in [0, 0.05) is 34.8 Å². The molecule has 2 aliphatic carbocycles. The highest BCUT2D eigenvalue weighted by Crippen LogP contribution is 2.45. The first kappa shape index (κ1) is 31.1. The Morgan fingerprint density at radius 2 is 1.70 bits per heavy atom. The number of nitrogens with two attached hydrogens (primary N) is 1. The fourth-order valence-corrected chi connectivity index (χ4v) is 7.27. The lowest BCUT2D eigenvalue weighted by Crippen LogP contribution is -2.30. The molecule has 0 radical (unpaired) electrons. The summed E-state index contributed by atoms with van der Waals surface area (Å²) in [4.78, 5) is 41.4. The quantitative estimate of drug-likeness (QED) is 0.129. The number of carbonyl (C=O) groups is 2. The summed E-state index contributed by atoms with van der Waals surface area (Å²) < 4.78 is 67.6. The second kappa shape index (κ2) is 10.6. The number of hydrogen-bond acceptors (Lipinski definition) is 9. The van der Waals surface area contributed by atoms with Crippen LogP contribution in [0.1, 0.15) is 50.8 Å². The Kier molecular flexibility index (Phi) is 7.16. The van der Waals surface area contributed by atoms with Crippen LogP contribution in [0.25, 0.3) is 16.5 Å². The third-order valence-corrected chi connectivity index (χ3v) is 10.1. The molecule has 5 N–H and O–H groups in total. The van der Waals surface area contributed by atoms with Gasteiger partial charge in [-0.3, -0.25) is 23.5 Å². The average Bonchev–Trinajstić information content (AvgIpc) is 2.98. The fraction of sp³-hybridized carbons (Fsp3) is 0.156. The minimum absolute atomic E-state index is 0.0352. The highest BCUT2D eigenvalue weighted by Gasteiger charge is 2.36. The average molecular weight is 662 g/mol. The SMILES string of the molecule is Cc1cc(S(=O)(=O)O)c(N)cc1Nc1ccc2c3c1C(=O)C1=C(C=CC(C)C1)c3c(C(=O)c1cccc(S(=O)(=O)O)c1)c(=O)n2C. The van der Waals surface area contributed by atoms with E-state index >= 15 is 0 Å². The molecule has 0 saturated heterocycles. The van der Waals surface area contributed by atoms with Crippen LogP contribution < -0.4 is 16.6 Å². The normalized spacial score (nSPS) is 16.1. The smallest absolute Gasteiger partial charge is 0.296 e. The van der Waals surface area contributed by atoms with Gasteiger partial charge in [0.05, 0.1) is 32.9 Å². The van der Waals surface area contributed by atoms with Crippen LogP contribution in [0, 0.1) is 12.8 Å². The summed E-state index contributed by atoms with van der Waals surface area (Å²) in [6, 6.07) is 10.4. The van der Waals surface area contributed by atoms with Gasteiger partial charge in [0.25, 0.3) is 25.8 Å². The van der Waals surface area contributed by atoms with Gasteiger partial charge in [-0.05, 0) is 66.8 Å². The molecular weight excluding hydrogens is 634 g/mol. The first-order valence-electron chi connectivity index (χ1n) is 13.9. The molecule has 14 heteroatoms. The molecule has 236 valence electrons. The Bertz CT molecular complexity index is 2420. The molecule has 1 unspecified atom stereocenters. The second-order valence-electron chi connectivity index (χ2n) is 11.4. The van der Waals surface area contributed by atoms with Crippen LogP contribution in [0.5, 0.6) is 0 Å². The van der Waals surface area contributed by atoms with Gasteiger partial charge in [0.15, 0.2) is 11.6 Å². The van der Waals surface area contributed by atoms with Crippen molar-refractivity contribution >= 4 is 65.3 Å². The van der Waals surface area contributed by atoms with Crippen molar-refractivity contribution in [2.24, 2.45) is 13.0 Å². The van der Waals surface area contributed by atoms with Crippen molar-refractivity contribution in [3.05, 3.63) is 104 Å². The number of carbonyl (C=O) groups excluding carboxylic acids is 2. The maximum atomic E-state index is 14.3. The van der Waals surface area contributed by atoms with Crippen LogP contribution >= 0.6 is 0 Å². The van der Waals surface area contributed by atoms with E-state index < -0.39 is 41.4 Å². The van der Waals surface area contributed by atoms with Crippen LogP contribution in [0.4, 0.5) is 17.1 Å². The maximum Gasteiger partial charge on any atom is 0.296 e. The van der Waals surface area contributed by atoms with Crippen LogP contribution in [0.3, 0.4) is 0 Å². The minimum atomic E-state index is -4.66. The number of nitrogen functional groups attached to an aromatic ring is 1. The highest BCUT2D eigenvalue weighted by molar-refractivity contribution is 7.86. The van der Waals surface area contributed by atoms with Crippen LogP contribution in [0.2, 0.25) is 0 Å². The Labute approximate surface area is 263 Å². The van der Waals surface area contributed by atoms with E-state index in [1.54, 1.807) is 25.1 Å². The minimum Gasteiger partial charge on any atom is -0.398 e. The van der Waals surface area contributed by atoms with E-state index in [1.165, 1.54) is 35.9 Å². The fourth-order valence-electron chi connectivity index (χ4n) is 6.06. The van der Waals surface area contributed by atoms with Crippen molar-refractivity contribution in [3.8, 4) is 0 Å². The molecule has 46 heavy (non-hydrogen) atoms. The molecular formula is C32H27N3O9S2. The molecule has 1 atom stereocenters. The van der Waals surface area contributed by atoms with Gasteiger partial charge in [-0.15, -0.1) is 0 Å². The van der Waals surface area contributed by atoms with Gasteiger partial charge in [0.1, 0.15) is 4.90 Å². The molecule has 4 aromatic rings. The van der Waals surface area contributed by atoms with Gasteiger partial charge in [-0.25, -0.2) is 0 Å². The molecule has 1 heterocycles. The summed E-state index contributed by atoms with van der Waals surface area (Å²) in [5.41, 5.74) is 7.16. The topological polar surface area (TPSA) is 203 Å². The van der Waals surface area contributed by atoms with E-state index in [9.17, 15) is 40.3 Å². The van der Waals surface area contributed by atoms with E-state index in [0.29, 0.717) is 45.4 Å². The number of allylic oxidation sites excluding steroid dienone is 4. The predicted octanol–water partition coefficient (Wildman–Crippen LogP) is 4.44. The van der Waals surface area contributed by atoms with Crippen molar-refractivity contribution in [2.45, 2.75) is 30.1 Å². The van der Waals surface area contributed by atoms with Crippen molar-refractivity contribution in [1.82, 2.24) is 4.57 Å². The Morgan fingerprint density at radius 1 is 0.978 bits per heavy atom. The Hall–Kier alpha value is -4.89. The number of fused-ring (bicyclic) bond motifs is 1. The van der Waals surface area contributed by atoms with Crippen LogP contribution in [-0.4, -0.2) is 42.1 Å². The summed E-state index contributed by atoms with van der Waals surface area (Å²) in [5.74, 6) is -1.17. The van der Waals surface area contributed by atoms with Gasteiger partial charge in [-0.2, -0.15) is 16.8 Å². The number of aromatic nitrogens is 1. The number of benzene rings is 3. The molecule has 1 aromatic heterocycles. The highest BCUT2D eigenvalue weighted by atomic mass is 32.2. The molecule has 0 fully saturated rings. The number of nitrogens with one attached hydrogen (secondary N) is 1. The van der Waals surface area contributed by atoms with Gasteiger partial charge < -0.3 is 15.6 Å². The zero-order valence-electron chi connectivity index (χ0n) is 24.7. The molecule has 2 aliphatic rings. The zero-order valence-corrected chi connectivity index (χ0v) is 26.3. The van der Waals surface area contributed by atoms with Gasteiger partial charge >= 0.3 is 0 Å². The van der Waals surface area contributed by atoms with E-state index in [1.807, 2.05) is 13.0 Å². The molecule has 12 nitrogen and oxygen atoms in total. The standard InChI is InChI=1S/C32H27N3O9S2/c1-15-7-8-19-20(11-15)31(37)27-22(34-23-14-21(33)25(12-16(23)2)46(42,43)44)9-10-24-28(27)26(19)29(32(38)35(24)3)30(36)17-5-4-6-18(13-17)45(39,40)41/h4-10,12-15,34H,11,33H2,1-3H3,(H,39,40,41)(H,42,43,44). The van der Waals surface area contributed by atoms with Gasteiger partial charge in [-0.1, -0.05) is 31.2 Å². The molecule has 0 aliphatic heterocycles. The Balaban J connectivity index is 1.66. The van der Waals surface area contributed by atoms with E-state index in [2.05, 4.69) is 5.32 Å². The lowest BCUT2D eigenvalue weighted by atomic mass is 9.75. The summed E-state index contributed by atoms with van der Waals surface area (Å²) in [7, 11) is -7.80. The first-order valence-corrected chi connectivity index (χ1v) is 16.8. The van der Waals surface area contributed by atoms with Crippen molar-refractivity contribution in [3.63, 3.8) is 0 Å². The summed E-state index contributed by atoms with van der Waals surface area (Å²) >= 11 is 0. The molecule has 0 amide bonds. The monoisotopic (exact) mass is 661 g/mol. The number of rotatable bonds is 6. The molecule has 0 spiro atoms. The molecule has 0 bridgehead atoms. The number of ketones is 2. The van der Waals surface area contributed by atoms with E-state index in [4.69, 9.17) is 5.73 Å². The summed E-state index contributed by atoms with van der Waals surface area (Å²) in [6.07, 6.45) is 3.90. The summed E-state index contributed by atoms with van der Waals surface area (Å²) in [5, 5.41) is 3.47. The number of hydrogen-bond donors (Lipinski definition) is 4. The summed E-state index contributed by atoms with van der Waals surface area (Å²) in [6.45, 7) is 3.51.